The summed E-state index contributed by atoms with van der Waals surface area (Å²) >= 11 is 0. The maximum absolute atomic E-state index is 13.9. The lowest BCUT2D eigenvalue weighted by Crippen LogP contribution is -2.47. The van der Waals surface area contributed by atoms with Crippen molar-refractivity contribution in [2.45, 2.75) is 26.3 Å². The fourth-order valence-electron chi connectivity index (χ4n) is 3.10. The number of hydrogen-bond acceptors (Lipinski definition) is 3. The van der Waals surface area contributed by atoms with Crippen molar-refractivity contribution in [3.8, 4) is 0 Å². The predicted molar refractivity (Wildman–Crippen MR) is 95.3 cm³/mol. The van der Waals surface area contributed by atoms with Gasteiger partial charge in [0.05, 0.1) is 5.92 Å². The lowest BCUT2D eigenvalue weighted by atomic mass is 9.95. The summed E-state index contributed by atoms with van der Waals surface area (Å²) in [5.41, 5.74) is 0.490. The largest absolute Gasteiger partial charge is 0.341 e. The number of carbonyl (C=O) groups excluding carboxylic acids is 2. The molecule has 1 fully saturated rings. The molecule has 5 nitrogen and oxygen atoms in total. The van der Waals surface area contributed by atoms with Crippen LogP contribution in [0.25, 0.3) is 0 Å². The van der Waals surface area contributed by atoms with Gasteiger partial charge in [-0.15, -0.1) is 0 Å². The molecule has 0 saturated carbocycles. The van der Waals surface area contributed by atoms with Crippen LogP contribution in [0.15, 0.2) is 24.3 Å². The number of carbonyl (C=O) groups is 2. The van der Waals surface area contributed by atoms with E-state index in [1.165, 1.54) is 6.07 Å². The molecule has 1 saturated heterocycles. The highest BCUT2D eigenvalue weighted by Crippen LogP contribution is 2.22. The van der Waals surface area contributed by atoms with Gasteiger partial charge in [-0.2, -0.15) is 0 Å². The Morgan fingerprint density at radius 2 is 2.00 bits per heavy atom. The molecule has 2 rings (SSSR count). The second-order valence-electron chi connectivity index (χ2n) is 6.82. The number of hydrogen-bond donors (Lipinski definition) is 0. The molecular formula is C19H28FN3O2. The van der Waals surface area contributed by atoms with E-state index in [9.17, 15) is 14.0 Å². The second kappa shape index (κ2) is 8.94. The number of amides is 2. The lowest BCUT2D eigenvalue weighted by Gasteiger charge is -2.35. The number of benzene rings is 1. The Bertz CT molecular complexity index is 606. The summed E-state index contributed by atoms with van der Waals surface area (Å²) in [5.74, 6) is -0.435. The first-order chi connectivity index (χ1) is 11.9. The quantitative estimate of drug-likeness (QED) is 0.756. The first-order valence-electron chi connectivity index (χ1n) is 8.87. The van der Waals surface area contributed by atoms with Crippen molar-refractivity contribution in [3.05, 3.63) is 35.6 Å². The van der Waals surface area contributed by atoms with Gasteiger partial charge in [-0.3, -0.25) is 9.59 Å². The molecule has 0 aromatic heterocycles. The summed E-state index contributed by atoms with van der Waals surface area (Å²) in [4.78, 5) is 30.5. The van der Waals surface area contributed by atoms with Gasteiger partial charge in [-0.25, -0.2) is 4.39 Å². The van der Waals surface area contributed by atoms with Gasteiger partial charge < -0.3 is 14.7 Å². The van der Waals surface area contributed by atoms with Crippen LogP contribution in [0.5, 0.6) is 0 Å². The Kier molecular flexibility index (Phi) is 6.93. The third-order valence-electron chi connectivity index (χ3n) is 4.68. The number of rotatable bonds is 7. The van der Waals surface area contributed by atoms with Crippen molar-refractivity contribution in [1.82, 2.24) is 14.7 Å². The minimum absolute atomic E-state index is 0.0105. The molecule has 0 bridgehead atoms. The molecule has 0 radical (unpaired) electrons. The summed E-state index contributed by atoms with van der Waals surface area (Å²) in [5, 5.41) is 0. The van der Waals surface area contributed by atoms with Gasteiger partial charge >= 0.3 is 0 Å². The van der Waals surface area contributed by atoms with E-state index in [1.54, 1.807) is 23.1 Å². The minimum atomic E-state index is -0.315. The molecule has 6 heteroatoms. The van der Waals surface area contributed by atoms with E-state index in [-0.39, 0.29) is 30.1 Å². The first kappa shape index (κ1) is 19.4. The molecule has 1 heterocycles. The molecule has 1 aliphatic rings. The molecular weight excluding hydrogens is 321 g/mol. The molecule has 25 heavy (non-hydrogen) atoms. The van der Waals surface area contributed by atoms with Crippen molar-refractivity contribution in [2.24, 2.45) is 5.92 Å². The Labute approximate surface area is 149 Å². The van der Waals surface area contributed by atoms with E-state index >= 15 is 0 Å². The lowest BCUT2D eigenvalue weighted by molar-refractivity contribution is -0.143. The Morgan fingerprint density at radius 1 is 1.28 bits per heavy atom. The average Bonchev–Trinajstić information content (AvgIpc) is 2.59. The summed E-state index contributed by atoms with van der Waals surface area (Å²) in [7, 11) is 3.96. The van der Waals surface area contributed by atoms with Crippen LogP contribution in [0.4, 0.5) is 4.39 Å². The SMILES string of the molecule is CCN(CCN(C)C)C(=O)[C@@H]1CCC(=O)N(Cc2ccccc2F)C1. The maximum atomic E-state index is 13.9. The smallest absolute Gasteiger partial charge is 0.227 e. The fraction of sp³-hybridized carbons (Fsp3) is 0.579. The van der Waals surface area contributed by atoms with Crippen LogP contribution < -0.4 is 0 Å². The molecule has 2 amide bonds. The molecule has 1 aromatic carbocycles. The normalized spacial score (nSPS) is 17.9. The number of nitrogens with zero attached hydrogens (tertiary/aromatic N) is 3. The predicted octanol–water partition coefficient (Wildman–Crippen LogP) is 1.97. The molecule has 138 valence electrons. The zero-order valence-corrected chi connectivity index (χ0v) is 15.4. The van der Waals surface area contributed by atoms with Gasteiger partial charge in [0.2, 0.25) is 11.8 Å². The van der Waals surface area contributed by atoms with Gasteiger partial charge in [0.15, 0.2) is 0 Å². The molecule has 0 unspecified atom stereocenters. The van der Waals surface area contributed by atoms with E-state index in [4.69, 9.17) is 0 Å². The van der Waals surface area contributed by atoms with E-state index in [0.29, 0.717) is 38.0 Å². The summed E-state index contributed by atoms with van der Waals surface area (Å²) in [6.07, 6.45) is 0.917. The van der Waals surface area contributed by atoms with Crippen LogP contribution >= 0.6 is 0 Å². The van der Waals surface area contributed by atoms with Gasteiger partial charge in [0.1, 0.15) is 5.82 Å². The Balaban J connectivity index is 2.02. The zero-order chi connectivity index (χ0) is 18.4. The van der Waals surface area contributed by atoms with Crippen LogP contribution in [0, 0.1) is 11.7 Å². The zero-order valence-electron chi connectivity index (χ0n) is 15.4. The second-order valence-corrected chi connectivity index (χ2v) is 6.82. The molecule has 1 atom stereocenters. The molecule has 0 aliphatic carbocycles. The third kappa shape index (κ3) is 5.26. The third-order valence-corrected chi connectivity index (χ3v) is 4.68. The standard InChI is InChI=1S/C19H28FN3O2/c1-4-22(12-11-21(2)3)19(25)16-9-10-18(24)23(14-16)13-15-7-5-6-8-17(15)20/h5-8,16H,4,9-14H2,1-3H3/t16-/m1/s1. The van der Waals surface area contributed by atoms with E-state index in [2.05, 4.69) is 0 Å². The van der Waals surface area contributed by atoms with Crippen molar-refractivity contribution < 1.29 is 14.0 Å². The van der Waals surface area contributed by atoms with Crippen molar-refractivity contribution in [3.63, 3.8) is 0 Å². The highest BCUT2D eigenvalue weighted by molar-refractivity contribution is 5.83. The van der Waals surface area contributed by atoms with Crippen molar-refractivity contribution >= 4 is 11.8 Å². The van der Waals surface area contributed by atoms with Gasteiger partial charge in [0.25, 0.3) is 0 Å². The van der Waals surface area contributed by atoms with Crippen LogP contribution in [0.2, 0.25) is 0 Å². The van der Waals surface area contributed by atoms with Gasteiger partial charge in [-0.1, -0.05) is 18.2 Å². The minimum Gasteiger partial charge on any atom is -0.341 e. The summed E-state index contributed by atoms with van der Waals surface area (Å²) < 4.78 is 13.9. The summed E-state index contributed by atoms with van der Waals surface area (Å²) in [6.45, 7) is 4.71. The Hall–Kier alpha value is -1.95. The van der Waals surface area contributed by atoms with Gasteiger partial charge in [0, 0.05) is 44.7 Å². The molecule has 0 N–H and O–H groups in total. The van der Waals surface area contributed by atoms with Crippen molar-refractivity contribution in [1.29, 1.82) is 0 Å². The van der Waals surface area contributed by atoms with Crippen LogP contribution in [0.1, 0.15) is 25.3 Å². The summed E-state index contributed by atoms with van der Waals surface area (Å²) in [6, 6.07) is 6.47. The molecule has 0 spiro atoms. The van der Waals surface area contributed by atoms with E-state index in [0.717, 1.165) is 6.54 Å². The molecule has 1 aliphatic heterocycles. The van der Waals surface area contributed by atoms with Crippen LogP contribution in [0.3, 0.4) is 0 Å². The first-order valence-corrected chi connectivity index (χ1v) is 8.87. The maximum Gasteiger partial charge on any atom is 0.227 e. The average molecular weight is 349 g/mol. The van der Waals surface area contributed by atoms with Gasteiger partial charge in [-0.05, 0) is 33.5 Å². The number of likely N-dealkylation sites (tertiary alicyclic amines) is 1. The topological polar surface area (TPSA) is 43.9 Å². The number of piperidine rings is 1. The Morgan fingerprint density at radius 3 is 2.64 bits per heavy atom. The van der Waals surface area contributed by atoms with Crippen molar-refractivity contribution in [2.75, 3.05) is 40.3 Å². The highest BCUT2D eigenvalue weighted by Gasteiger charge is 2.32. The highest BCUT2D eigenvalue weighted by atomic mass is 19.1. The van der Waals surface area contributed by atoms with Crippen LogP contribution in [-0.2, 0) is 16.1 Å². The van der Waals surface area contributed by atoms with E-state index in [1.807, 2.05) is 30.8 Å². The monoisotopic (exact) mass is 349 g/mol. The number of halogens is 1. The number of likely N-dealkylation sites (N-methyl/N-ethyl adjacent to an activating group) is 2. The van der Waals surface area contributed by atoms with E-state index < -0.39 is 0 Å². The van der Waals surface area contributed by atoms with Crippen LogP contribution in [-0.4, -0.2) is 66.8 Å². The molecule has 1 aromatic rings. The fourth-order valence-corrected chi connectivity index (χ4v) is 3.10.